The molecule has 0 radical (unpaired) electrons. The molecule has 2 aromatic heterocycles. The van der Waals surface area contributed by atoms with Gasteiger partial charge in [0.15, 0.2) is 5.65 Å². The van der Waals surface area contributed by atoms with Crippen LogP contribution in [0.15, 0.2) is 47.4 Å². The molecule has 4 aromatic rings. The Kier molecular flexibility index (Phi) is 6.35. The van der Waals surface area contributed by atoms with Crippen LogP contribution in [0.2, 0.25) is 10.0 Å². The van der Waals surface area contributed by atoms with E-state index >= 15 is 0 Å². The molecule has 8 nitrogen and oxygen atoms in total. The minimum atomic E-state index is -0.629. The van der Waals surface area contributed by atoms with E-state index < -0.39 is 5.69 Å². The monoisotopic (exact) mass is 509 g/mol. The van der Waals surface area contributed by atoms with Crippen LogP contribution in [-0.4, -0.2) is 45.1 Å². The molecule has 0 fully saturated rings. The summed E-state index contributed by atoms with van der Waals surface area (Å²) < 4.78 is 1.18. The van der Waals surface area contributed by atoms with Crippen LogP contribution < -0.4 is 16.7 Å². The van der Waals surface area contributed by atoms with Gasteiger partial charge < -0.3 is 16.0 Å². The predicted molar refractivity (Wildman–Crippen MR) is 141 cm³/mol. The maximum atomic E-state index is 12.9. The van der Waals surface area contributed by atoms with Gasteiger partial charge in [-0.05, 0) is 74.7 Å². The molecule has 35 heavy (non-hydrogen) atoms. The average molecular weight is 510 g/mol. The molecule has 10 heteroatoms. The van der Waals surface area contributed by atoms with Crippen molar-refractivity contribution in [3.05, 3.63) is 74.3 Å². The van der Waals surface area contributed by atoms with Crippen LogP contribution in [0.3, 0.4) is 0 Å². The van der Waals surface area contributed by atoms with Crippen molar-refractivity contribution in [3.8, 4) is 5.69 Å². The van der Waals surface area contributed by atoms with E-state index in [1.165, 1.54) is 22.1 Å². The molecule has 0 saturated heterocycles. The van der Waals surface area contributed by atoms with Gasteiger partial charge in [-0.3, -0.25) is 0 Å². The van der Waals surface area contributed by atoms with Crippen LogP contribution in [0.5, 0.6) is 0 Å². The van der Waals surface area contributed by atoms with Gasteiger partial charge in [0.2, 0.25) is 5.95 Å². The summed E-state index contributed by atoms with van der Waals surface area (Å²) in [6, 6.07) is 11.3. The third-order valence-corrected chi connectivity index (χ3v) is 6.87. The number of aryl methyl sites for hydroxylation is 1. The standard InChI is InChI=1S/C25H25Cl2N7O/c1-33(2)13-14-6-7-15-8-9-17(11-16(15)10-14)30-24-29-12-18-22(28)34(25(35)32-23(18)31-24)21-19(26)4-3-5-20(21)27/h3-5,8-9,11-12,14H,6-7,10,13,28H2,1-2H3,(H,30,31,32,35)/t14-/m0/s1. The highest BCUT2D eigenvalue weighted by molar-refractivity contribution is 6.37. The first kappa shape index (κ1) is 23.5. The first-order chi connectivity index (χ1) is 16.8. The van der Waals surface area contributed by atoms with Gasteiger partial charge in [0.25, 0.3) is 0 Å². The molecule has 0 bridgehead atoms. The first-order valence-electron chi connectivity index (χ1n) is 11.3. The Morgan fingerprint density at radius 2 is 1.91 bits per heavy atom. The number of para-hydroxylation sites is 1. The summed E-state index contributed by atoms with van der Waals surface area (Å²) >= 11 is 12.6. The largest absolute Gasteiger partial charge is 0.384 e. The van der Waals surface area contributed by atoms with Gasteiger partial charge in [0.1, 0.15) is 5.82 Å². The van der Waals surface area contributed by atoms with Crippen molar-refractivity contribution in [2.75, 3.05) is 31.7 Å². The van der Waals surface area contributed by atoms with Crippen LogP contribution in [-0.2, 0) is 12.8 Å². The second kappa shape index (κ2) is 9.45. The fourth-order valence-corrected chi connectivity index (χ4v) is 5.26. The van der Waals surface area contributed by atoms with E-state index in [2.05, 4.69) is 51.4 Å². The van der Waals surface area contributed by atoms with Crippen molar-refractivity contribution in [1.82, 2.24) is 24.4 Å². The molecule has 0 saturated carbocycles. The van der Waals surface area contributed by atoms with E-state index in [0.717, 1.165) is 25.1 Å². The predicted octanol–water partition coefficient (Wildman–Crippen LogP) is 4.47. The number of hydrogen-bond acceptors (Lipinski definition) is 7. The number of aromatic nitrogens is 4. The lowest BCUT2D eigenvalue weighted by atomic mass is 9.83. The van der Waals surface area contributed by atoms with Crippen molar-refractivity contribution >= 4 is 51.7 Å². The third kappa shape index (κ3) is 4.69. The van der Waals surface area contributed by atoms with E-state index in [4.69, 9.17) is 28.9 Å². The zero-order valence-electron chi connectivity index (χ0n) is 19.4. The molecular formula is C25H25Cl2N7O. The SMILES string of the molecule is CN(C)C[C@H]1CCc2ccc(Nc3ncc4c(N)n(-c5c(Cl)cccc5Cl)c(=O)nc4n3)cc2C1. The number of halogens is 2. The zero-order valence-corrected chi connectivity index (χ0v) is 20.9. The van der Waals surface area contributed by atoms with Gasteiger partial charge in [0, 0.05) is 18.4 Å². The molecule has 1 aliphatic rings. The number of fused-ring (bicyclic) bond motifs is 2. The Morgan fingerprint density at radius 1 is 1.14 bits per heavy atom. The Labute approximate surface area is 212 Å². The highest BCUT2D eigenvalue weighted by atomic mass is 35.5. The molecule has 0 aliphatic heterocycles. The van der Waals surface area contributed by atoms with Crippen LogP contribution in [0.25, 0.3) is 16.7 Å². The van der Waals surface area contributed by atoms with E-state index in [0.29, 0.717) is 17.3 Å². The molecule has 1 atom stereocenters. The number of hydrogen-bond donors (Lipinski definition) is 2. The molecule has 2 heterocycles. The van der Waals surface area contributed by atoms with Crippen molar-refractivity contribution < 1.29 is 0 Å². The minimum absolute atomic E-state index is 0.113. The number of nitrogen functional groups attached to an aromatic ring is 1. The second-order valence-electron chi connectivity index (χ2n) is 9.10. The van der Waals surface area contributed by atoms with Gasteiger partial charge in [-0.2, -0.15) is 9.97 Å². The normalized spacial score (nSPS) is 15.4. The Hall–Kier alpha value is -3.20. The van der Waals surface area contributed by atoms with Crippen LogP contribution in [0.4, 0.5) is 17.5 Å². The number of nitrogens with one attached hydrogen (secondary N) is 1. The highest BCUT2D eigenvalue weighted by Crippen LogP contribution is 2.31. The number of anilines is 3. The van der Waals surface area contributed by atoms with Crippen molar-refractivity contribution in [3.63, 3.8) is 0 Å². The lowest BCUT2D eigenvalue weighted by molar-refractivity contribution is 0.303. The lowest BCUT2D eigenvalue weighted by Gasteiger charge is -2.27. The smallest absolute Gasteiger partial charge is 0.355 e. The molecule has 3 N–H and O–H groups in total. The van der Waals surface area contributed by atoms with Crippen molar-refractivity contribution in [2.45, 2.75) is 19.3 Å². The van der Waals surface area contributed by atoms with Gasteiger partial charge in [-0.1, -0.05) is 35.3 Å². The van der Waals surface area contributed by atoms with Crippen LogP contribution in [0.1, 0.15) is 17.5 Å². The number of benzene rings is 2. The molecule has 0 amide bonds. The Bertz CT molecular complexity index is 1460. The number of rotatable bonds is 5. The van der Waals surface area contributed by atoms with Crippen molar-refractivity contribution in [1.29, 1.82) is 0 Å². The molecule has 180 valence electrons. The topological polar surface area (TPSA) is 102 Å². The summed E-state index contributed by atoms with van der Waals surface area (Å²) in [5, 5.41) is 4.23. The summed E-state index contributed by atoms with van der Waals surface area (Å²) in [6.45, 7) is 1.08. The molecule has 2 aromatic carbocycles. The maximum absolute atomic E-state index is 12.9. The van der Waals surface area contributed by atoms with E-state index in [1.807, 2.05) is 6.07 Å². The third-order valence-electron chi connectivity index (χ3n) is 6.26. The zero-order chi connectivity index (χ0) is 24.7. The average Bonchev–Trinajstić information content (AvgIpc) is 2.80. The minimum Gasteiger partial charge on any atom is -0.384 e. The van der Waals surface area contributed by atoms with Crippen LogP contribution in [0, 0.1) is 5.92 Å². The summed E-state index contributed by atoms with van der Waals surface area (Å²) in [7, 11) is 4.23. The summed E-state index contributed by atoms with van der Waals surface area (Å²) in [5.41, 5.74) is 9.77. The number of nitrogens with zero attached hydrogens (tertiary/aromatic N) is 5. The number of nitrogens with two attached hydrogens (primary N) is 1. The summed E-state index contributed by atoms with van der Waals surface area (Å²) in [6.07, 6.45) is 4.88. The van der Waals surface area contributed by atoms with E-state index in [-0.39, 0.29) is 27.2 Å². The Balaban J connectivity index is 1.46. The highest BCUT2D eigenvalue weighted by Gasteiger charge is 2.20. The molecular weight excluding hydrogens is 485 g/mol. The van der Waals surface area contributed by atoms with E-state index in [9.17, 15) is 4.79 Å². The van der Waals surface area contributed by atoms with Crippen molar-refractivity contribution in [2.24, 2.45) is 5.92 Å². The molecule has 0 spiro atoms. The molecule has 0 unspecified atom stereocenters. The molecule has 5 rings (SSSR count). The fraction of sp³-hybridized carbons (Fsp3) is 0.280. The van der Waals surface area contributed by atoms with Gasteiger partial charge in [0.05, 0.1) is 21.1 Å². The maximum Gasteiger partial charge on any atom is 0.355 e. The van der Waals surface area contributed by atoms with E-state index in [1.54, 1.807) is 24.4 Å². The molecule has 1 aliphatic carbocycles. The van der Waals surface area contributed by atoms with Gasteiger partial charge in [-0.25, -0.2) is 14.3 Å². The fourth-order valence-electron chi connectivity index (χ4n) is 4.69. The summed E-state index contributed by atoms with van der Waals surface area (Å²) in [5.74, 6) is 1.09. The Morgan fingerprint density at radius 3 is 2.66 bits per heavy atom. The first-order valence-corrected chi connectivity index (χ1v) is 12.1. The lowest BCUT2D eigenvalue weighted by Crippen LogP contribution is -2.26. The summed E-state index contributed by atoms with van der Waals surface area (Å²) in [4.78, 5) is 28.1. The quantitative estimate of drug-likeness (QED) is 0.408. The second-order valence-corrected chi connectivity index (χ2v) is 9.91. The van der Waals surface area contributed by atoms with Crippen LogP contribution >= 0.6 is 23.2 Å². The van der Waals surface area contributed by atoms with Gasteiger partial charge >= 0.3 is 5.69 Å². The van der Waals surface area contributed by atoms with Gasteiger partial charge in [-0.15, -0.1) is 0 Å².